The largest absolute Gasteiger partial charge is 0.491 e. The van der Waals surface area contributed by atoms with Gasteiger partial charge in [0.1, 0.15) is 5.82 Å². The van der Waals surface area contributed by atoms with Gasteiger partial charge in [-0.1, -0.05) is 29.8 Å². The molecule has 0 aliphatic carbocycles. The average molecular weight is 373 g/mol. The van der Waals surface area contributed by atoms with Crippen molar-refractivity contribution < 1.29 is 9.13 Å². The van der Waals surface area contributed by atoms with Crippen LogP contribution in [0, 0.1) is 5.82 Å². The highest BCUT2D eigenvalue weighted by atomic mass is 79.9. The Labute approximate surface area is 137 Å². The fourth-order valence-electron chi connectivity index (χ4n) is 2.10. The highest BCUT2D eigenvalue weighted by Crippen LogP contribution is 2.38. The molecule has 2 aromatic carbocycles. The van der Waals surface area contributed by atoms with Crippen molar-refractivity contribution in [2.24, 2.45) is 0 Å². The Kier molecular flexibility index (Phi) is 5.48. The van der Waals surface area contributed by atoms with Gasteiger partial charge in [0.25, 0.3) is 0 Å². The smallest absolute Gasteiger partial charge is 0.156 e. The van der Waals surface area contributed by atoms with E-state index in [-0.39, 0.29) is 11.9 Å². The molecule has 0 bridgehead atoms. The Hall–Kier alpha value is -1.26. The van der Waals surface area contributed by atoms with Crippen molar-refractivity contribution >= 4 is 33.2 Å². The van der Waals surface area contributed by atoms with E-state index in [2.05, 4.69) is 21.2 Å². The van der Waals surface area contributed by atoms with E-state index in [0.717, 1.165) is 10.2 Å². The lowest BCUT2D eigenvalue weighted by molar-refractivity contribution is 0.339. The topological polar surface area (TPSA) is 21.3 Å². The SMILES string of the molecule is CCOc1c(Br)cc(Cl)cc1NC(C)c1ccccc1F. The van der Waals surface area contributed by atoms with Gasteiger partial charge in [0.05, 0.1) is 22.8 Å². The van der Waals surface area contributed by atoms with E-state index in [1.807, 2.05) is 19.9 Å². The van der Waals surface area contributed by atoms with Gasteiger partial charge in [0, 0.05) is 10.6 Å². The van der Waals surface area contributed by atoms with Gasteiger partial charge in [-0.15, -0.1) is 0 Å². The van der Waals surface area contributed by atoms with E-state index in [0.29, 0.717) is 22.9 Å². The van der Waals surface area contributed by atoms with Gasteiger partial charge in [0.15, 0.2) is 5.75 Å². The second-order valence-corrected chi connectivity index (χ2v) is 5.88. The molecule has 0 amide bonds. The maximum absolute atomic E-state index is 13.8. The number of halogens is 3. The first kappa shape index (κ1) is 16.1. The van der Waals surface area contributed by atoms with Crippen LogP contribution >= 0.6 is 27.5 Å². The Bertz CT molecular complexity index is 636. The van der Waals surface area contributed by atoms with Crippen molar-refractivity contribution in [3.05, 3.63) is 57.3 Å². The maximum Gasteiger partial charge on any atom is 0.156 e. The minimum absolute atomic E-state index is 0.212. The molecule has 1 atom stereocenters. The molecule has 5 heteroatoms. The highest BCUT2D eigenvalue weighted by molar-refractivity contribution is 9.10. The zero-order valence-electron chi connectivity index (χ0n) is 11.8. The van der Waals surface area contributed by atoms with E-state index in [1.54, 1.807) is 24.3 Å². The van der Waals surface area contributed by atoms with Crippen LogP contribution in [0.4, 0.5) is 10.1 Å². The van der Waals surface area contributed by atoms with Gasteiger partial charge in [-0.3, -0.25) is 0 Å². The summed E-state index contributed by atoms with van der Waals surface area (Å²) in [5.41, 5.74) is 1.32. The molecular formula is C16H16BrClFNO. The molecule has 0 aliphatic heterocycles. The highest BCUT2D eigenvalue weighted by Gasteiger charge is 2.15. The number of nitrogens with one attached hydrogen (secondary N) is 1. The Morgan fingerprint density at radius 3 is 2.71 bits per heavy atom. The summed E-state index contributed by atoms with van der Waals surface area (Å²) in [6.45, 7) is 4.33. The van der Waals surface area contributed by atoms with Gasteiger partial charge in [-0.05, 0) is 48.0 Å². The zero-order chi connectivity index (χ0) is 15.4. The van der Waals surface area contributed by atoms with Crippen LogP contribution in [0.25, 0.3) is 0 Å². The third-order valence-corrected chi connectivity index (χ3v) is 3.85. The fourth-order valence-corrected chi connectivity index (χ4v) is 3.02. The molecule has 2 rings (SSSR count). The van der Waals surface area contributed by atoms with Crippen molar-refractivity contribution in [1.82, 2.24) is 0 Å². The number of ether oxygens (including phenoxy) is 1. The molecule has 2 aromatic rings. The monoisotopic (exact) mass is 371 g/mol. The Balaban J connectivity index is 2.32. The van der Waals surface area contributed by atoms with Crippen LogP contribution in [0.3, 0.4) is 0 Å². The predicted octanol–water partition coefficient (Wildman–Crippen LogP) is 5.81. The van der Waals surface area contributed by atoms with E-state index in [4.69, 9.17) is 16.3 Å². The molecule has 0 fully saturated rings. The van der Waals surface area contributed by atoms with Crippen LogP contribution in [0.1, 0.15) is 25.5 Å². The third-order valence-electron chi connectivity index (χ3n) is 3.04. The quantitative estimate of drug-likeness (QED) is 0.714. The molecule has 1 N–H and O–H groups in total. The van der Waals surface area contributed by atoms with Crippen LogP contribution in [0.5, 0.6) is 5.75 Å². The predicted molar refractivity (Wildman–Crippen MR) is 88.8 cm³/mol. The molecule has 0 heterocycles. The van der Waals surface area contributed by atoms with Crippen LogP contribution in [-0.2, 0) is 0 Å². The summed E-state index contributed by atoms with van der Waals surface area (Å²) in [6, 6.07) is 10.0. The van der Waals surface area contributed by atoms with Gasteiger partial charge in [-0.25, -0.2) is 4.39 Å². The molecule has 0 aromatic heterocycles. The summed E-state index contributed by atoms with van der Waals surface area (Å²) < 4.78 is 20.2. The lowest BCUT2D eigenvalue weighted by Crippen LogP contribution is -2.10. The van der Waals surface area contributed by atoms with Crippen molar-refractivity contribution in [3.8, 4) is 5.75 Å². The molecule has 112 valence electrons. The molecule has 21 heavy (non-hydrogen) atoms. The summed E-state index contributed by atoms with van der Waals surface area (Å²) in [5.74, 6) is 0.432. The zero-order valence-corrected chi connectivity index (χ0v) is 14.1. The van der Waals surface area contributed by atoms with E-state index < -0.39 is 0 Å². The lowest BCUT2D eigenvalue weighted by Gasteiger charge is -2.20. The first-order valence-electron chi connectivity index (χ1n) is 6.65. The summed E-state index contributed by atoms with van der Waals surface area (Å²) in [6.07, 6.45) is 0. The third kappa shape index (κ3) is 3.89. The van der Waals surface area contributed by atoms with Crippen molar-refractivity contribution in [2.45, 2.75) is 19.9 Å². The molecule has 0 aliphatic rings. The molecule has 0 radical (unpaired) electrons. The number of hydrogen-bond acceptors (Lipinski definition) is 2. The van der Waals surface area contributed by atoms with Gasteiger partial charge >= 0.3 is 0 Å². The van der Waals surface area contributed by atoms with Crippen molar-refractivity contribution in [2.75, 3.05) is 11.9 Å². The first-order valence-corrected chi connectivity index (χ1v) is 7.82. The Morgan fingerprint density at radius 1 is 1.33 bits per heavy atom. The standard InChI is InChI=1S/C16H16BrClFNO/c1-3-21-16-13(17)8-11(18)9-15(16)20-10(2)12-6-4-5-7-14(12)19/h4-10,20H,3H2,1-2H3. The fraction of sp³-hybridized carbons (Fsp3) is 0.250. The molecule has 1 unspecified atom stereocenters. The molecule has 0 spiro atoms. The van der Waals surface area contributed by atoms with Crippen LogP contribution < -0.4 is 10.1 Å². The van der Waals surface area contributed by atoms with Gasteiger partial charge in [0.2, 0.25) is 0 Å². The van der Waals surface area contributed by atoms with Gasteiger partial charge in [-0.2, -0.15) is 0 Å². The van der Waals surface area contributed by atoms with E-state index in [1.165, 1.54) is 6.07 Å². The van der Waals surface area contributed by atoms with Crippen LogP contribution in [-0.4, -0.2) is 6.61 Å². The number of hydrogen-bond donors (Lipinski definition) is 1. The number of rotatable bonds is 5. The normalized spacial score (nSPS) is 12.0. The molecule has 0 saturated heterocycles. The van der Waals surface area contributed by atoms with Gasteiger partial charge < -0.3 is 10.1 Å². The van der Waals surface area contributed by atoms with E-state index >= 15 is 0 Å². The molecular weight excluding hydrogens is 357 g/mol. The summed E-state index contributed by atoms with van der Waals surface area (Å²) in [7, 11) is 0. The molecule has 0 saturated carbocycles. The summed E-state index contributed by atoms with van der Waals surface area (Å²) in [4.78, 5) is 0. The Morgan fingerprint density at radius 2 is 2.05 bits per heavy atom. The van der Waals surface area contributed by atoms with Crippen molar-refractivity contribution in [3.63, 3.8) is 0 Å². The number of benzene rings is 2. The number of anilines is 1. The minimum atomic E-state index is -0.239. The minimum Gasteiger partial charge on any atom is -0.491 e. The second kappa shape index (κ2) is 7.14. The lowest BCUT2D eigenvalue weighted by atomic mass is 10.1. The van der Waals surface area contributed by atoms with Crippen LogP contribution in [0.15, 0.2) is 40.9 Å². The van der Waals surface area contributed by atoms with Crippen LogP contribution in [0.2, 0.25) is 5.02 Å². The second-order valence-electron chi connectivity index (χ2n) is 4.58. The van der Waals surface area contributed by atoms with Crippen molar-refractivity contribution in [1.29, 1.82) is 0 Å². The summed E-state index contributed by atoms with van der Waals surface area (Å²) >= 11 is 9.52. The van der Waals surface area contributed by atoms with E-state index in [9.17, 15) is 4.39 Å². The summed E-state index contributed by atoms with van der Waals surface area (Å²) in [5, 5.41) is 3.83. The maximum atomic E-state index is 13.8. The first-order chi connectivity index (χ1) is 10.0. The average Bonchev–Trinajstić information content (AvgIpc) is 2.43. The molecule has 2 nitrogen and oxygen atoms in total.